The summed E-state index contributed by atoms with van der Waals surface area (Å²) in [5.74, 6) is 4.68. The van der Waals surface area contributed by atoms with Crippen LogP contribution in [-0.4, -0.2) is 38.3 Å². The molecule has 23 rings (SSSR count). The van der Waals surface area contributed by atoms with Crippen molar-refractivity contribution in [3.05, 3.63) is 473 Å². The average Bonchev–Trinajstić information content (AvgIpc) is 1.51. The molecule has 0 saturated carbocycles. The Hall–Kier alpha value is -15.5. The molecule has 0 bridgehead atoms. The Labute approximate surface area is 738 Å². The summed E-state index contributed by atoms with van der Waals surface area (Å²) in [4.78, 5) is 27.5. The second-order valence-electron chi connectivity index (χ2n) is 33.1. The number of para-hydroxylation sites is 4. The summed E-state index contributed by atoms with van der Waals surface area (Å²) in [5, 5.41) is 0.457. The Morgan fingerprint density at radius 1 is 0.262 bits per heavy atom. The van der Waals surface area contributed by atoms with Crippen molar-refractivity contribution in [3.8, 4) is 146 Å². The standard InChI is InChI=1S/C54H33N3O.C38H30BNO3.C22H15ClN2/c1-55-41-29-25-35(26-30-41)39-27-31-42-43-32-28-40(34-47(43)54(46(42)33-39)44-21-11-13-23-48(44)58-49-24-14-12-22-45(49)54)52-50(36-15-5-2-6-16-36)51(37-17-7-3-8-18-37)56-53(57-52)38-19-9-4-10-20-38;1-36(2)37(3,4)43-39(42-36)26-17-21-29-28-20-16-25(24-14-18-27(40-5)19-15-24)22-32(28)38(33(29)23-26)30-10-6-8-12-34(30)41-35-13-9-7-11-31(35)38;23-21-19(16-10-4-1-5-11-16)20(17-12-6-2-7-13-17)24-22(25-21)18-14-8-3-9-15-18/h2-34H;6-23H,1-4H3;1-15H. The van der Waals surface area contributed by atoms with E-state index in [2.05, 4.69) is 249 Å². The predicted molar refractivity (Wildman–Crippen MR) is 507 cm³/mol. The van der Waals surface area contributed by atoms with Crippen molar-refractivity contribution in [2.75, 3.05) is 0 Å². The van der Waals surface area contributed by atoms with E-state index >= 15 is 0 Å². The van der Waals surface area contributed by atoms with Crippen molar-refractivity contribution >= 4 is 35.6 Å². The molecule has 0 amide bonds. The quantitative estimate of drug-likeness (QED) is 0.0759. The molecule has 1 saturated heterocycles. The lowest BCUT2D eigenvalue weighted by atomic mass is 9.64. The molecule has 5 heterocycles. The average molecular weight is 1640 g/mol. The summed E-state index contributed by atoms with van der Waals surface area (Å²) in [6, 6.07) is 138. The first kappa shape index (κ1) is 77.8. The lowest BCUT2D eigenvalue weighted by molar-refractivity contribution is 0.00578. The number of nitrogens with zero attached hydrogens (tertiary/aromatic N) is 6. The zero-order chi connectivity index (χ0) is 85.3. The van der Waals surface area contributed by atoms with Gasteiger partial charge in [0.15, 0.2) is 23.0 Å². The highest BCUT2D eigenvalue weighted by Crippen LogP contribution is 2.65. The minimum atomic E-state index is -0.705. The van der Waals surface area contributed by atoms with Crippen molar-refractivity contribution in [3.63, 3.8) is 0 Å². The lowest BCUT2D eigenvalue weighted by Gasteiger charge is -2.39. The molecule has 16 aromatic carbocycles. The van der Waals surface area contributed by atoms with Crippen LogP contribution in [0.1, 0.15) is 72.2 Å². The highest BCUT2D eigenvalue weighted by molar-refractivity contribution is 6.62. The molecule has 0 atom stereocenters. The molecule has 12 heteroatoms. The van der Waals surface area contributed by atoms with Gasteiger partial charge in [-0.1, -0.05) is 370 Å². The monoisotopic (exact) mass is 1640 g/mol. The first-order valence-corrected chi connectivity index (χ1v) is 42.6. The smallest absolute Gasteiger partial charge is 0.457 e. The Balaban J connectivity index is 0.000000125. The molecule has 0 N–H and O–H groups in total. The summed E-state index contributed by atoms with van der Waals surface area (Å²) < 4.78 is 26.3. The largest absolute Gasteiger partial charge is 0.494 e. The van der Waals surface area contributed by atoms with E-state index in [4.69, 9.17) is 58.5 Å². The normalized spacial score (nSPS) is 14.0. The first-order valence-electron chi connectivity index (χ1n) is 42.2. The molecule has 126 heavy (non-hydrogen) atoms. The lowest BCUT2D eigenvalue weighted by Crippen LogP contribution is -2.41. The number of benzene rings is 16. The van der Waals surface area contributed by atoms with Gasteiger partial charge in [-0.2, -0.15) is 0 Å². The Kier molecular flexibility index (Phi) is 19.6. The molecule has 10 nitrogen and oxygen atoms in total. The van der Waals surface area contributed by atoms with Crippen LogP contribution in [0.5, 0.6) is 23.0 Å². The minimum absolute atomic E-state index is 0.438. The number of ether oxygens (including phenoxy) is 2. The molecule has 2 aliphatic carbocycles. The van der Waals surface area contributed by atoms with Crippen LogP contribution < -0.4 is 14.9 Å². The van der Waals surface area contributed by atoms with Crippen LogP contribution in [-0.2, 0) is 20.1 Å². The van der Waals surface area contributed by atoms with Gasteiger partial charge in [0.2, 0.25) is 0 Å². The summed E-state index contributed by atoms with van der Waals surface area (Å²) in [6.07, 6.45) is 0. The number of aromatic nitrogens is 4. The van der Waals surface area contributed by atoms with Crippen molar-refractivity contribution in [2.45, 2.75) is 49.7 Å². The van der Waals surface area contributed by atoms with Crippen LogP contribution in [0.15, 0.2) is 400 Å². The van der Waals surface area contributed by atoms with Gasteiger partial charge >= 0.3 is 7.12 Å². The van der Waals surface area contributed by atoms with E-state index < -0.39 is 29.2 Å². The van der Waals surface area contributed by atoms with Crippen molar-refractivity contribution in [1.29, 1.82) is 0 Å². The molecule has 2 aromatic heterocycles. The van der Waals surface area contributed by atoms with Crippen LogP contribution in [0.25, 0.3) is 133 Å². The van der Waals surface area contributed by atoms with E-state index in [9.17, 15) is 0 Å². The van der Waals surface area contributed by atoms with Gasteiger partial charge in [0.05, 0.1) is 52.3 Å². The number of rotatable bonds is 10. The summed E-state index contributed by atoms with van der Waals surface area (Å²) >= 11 is 6.62. The van der Waals surface area contributed by atoms with Gasteiger partial charge in [-0.3, -0.25) is 0 Å². The molecular weight excluding hydrogens is 1560 g/mol. The van der Waals surface area contributed by atoms with Crippen LogP contribution in [0.3, 0.4) is 0 Å². The predicted octanol–water partition coefficient (Wildman–Crippen LogP) is 28.6. The summed E-state index contributed by atoms with van der Waals surface area (Å²) in [5.41, 5.74) is 29.7. The van der Waals surface area contributed by atoms with Crippen LogP contribution in [0.4, 0.5) is 11.4 Å². The molecule has 2 spiro atoms. The second kappa shape index (κ2) is 31.8. The van der Waals surface area contributed by atoms with Crippen molar-refractivity contribution < 1.29 is 18.8 Å². The third-order valence-corrected chi connectivity index (χ3v) is 25.7. The van der Waals surface area contributed by atoms with Gasteiger partial charge in [-0.25, -0.2) is 29.6 Å². The maximum Gasteiger partial charge on any atom is 0.494 e. The molecular formula is C114H78BClN6O4. The highest BCUT2D eigenvalue weighted by Gasteiger charge is 2.56. The number of hydrogen-bond acceptors (Lipinski definition) is 8. The Morgan fingerprint density at radius 3 is 0.929 bits per heavy atom. The summed E-state index contributed by atoms with van der Waals surface area (Å²) in [6.45, 7) is 23.3. The van der Waals surface area contributed by atoms with E-state index in [1.54, 1.807) is 0 Å². The number of fused-ring (bicyclic) bond motifs is 18. The van der Waals surface area contributed by atoms with E-state index in [0.29, 0.717) is 28.2 Å². The number of hydrogen-bond donors (Lipinski definition) is 0. The second-order valence-corrected chi connectivity index (χ2v) is 33.4. The van der Waals surface area contributed by atoms with Crippen LogP contribution in [0.2, 0.25) is 5.15 Å². The topological polar surface area (TPSA) is 97.2 Å². The maximum atomic E-state index is 7.52. The number of halogens is 1. The van der Waals surface area contributed by atoms with Gasteiger partial charge in [0.1, 0.15) is 28.2 Å². The van der Waals surface area contributed by atoms with Gasteiger partial charge in [-0.05, 0) is 154 Å². The summed E-state index contributed by atoms with van der Waals surface area (Å²) in [7, 11) is -0.474. The minimum Gasteiger partial charge on any atom is -0.457 e. The maximum absolute atomic E-state index is 7.52. The fraction of sp³-hybridized carbons (Fsp3) is 0.0702. The first-order chi connectivity index (χ1) is 61.8. The molecule has 598 valence electrons. The van der Waals surface area contributed by atoms with E-state index in [-0.39, 0.29) is 0 Å². The Morgan fingerprint density at radius 2 is 0.548 bits per heavy atom. The van der Waals surface area contributed by atoms with E-state index in [1.807, 2.05) is 194 Å². The van der Waals surface area contributed by atoms with Crippen molar-refractivity contribution in [1.82, 2.24) is 19.9 Å². The molecule has 5 aliphatic rings. The SMILES string of the molecule is Clc1nc(-c2ccccc2)nc(-c2ccccc2)c1-c1ccccc1.[C-]#[N+]c1ccc(-c2ccc3c(c2)C2(c4ccccc4Oc4ccccc42)c2cc(-c4nc(-c5ccccc5)nc(-c5ccccc5)c4-c4ccccc4)ccc2-3)cc1.[C-]#[N+]c1ccc(-c2ccc3c(c2)C2(c4ccccc4Oc4ccccc42)c2cc(B4OC(C)(C)C(C)(C)O4)ccc2-3)cc1. The third kappa shape index (κ3) is 13.3. The van der Waals surface area contributed by atoms with E-state index in [0.717, 1.165) is 140 Å². The molecule has 18 aromatic rings. The van der Waals surface area contributed by atoms with Crippen molar-refractivity contribution in [2.24, 2.45) is 0 Å². The molecule has 0 unspecified atom stereocenters. The Bertz CT molecular complexity index is 7260. The zero-order valence-electron chi connectivity index (χ0n) is 69.4. The van der Waals surface area contributed by atoms with Crippen LogP contribution in [0, 0.1) is 13.1 Å². The zero-order valence-corrected chi connectivity index (χ0v) is 70.1. The third-order valence-electron chi connectivity index (χ3n) is 25.4. The molecule has 0 radical (unpaired) electrons. The molecule has 1 fully saturated rings. The van der Waals surface area contributed by atoms with Gasteiger partial charge in [0.25, 0.3) is 0 Å². The van der Waals surface area contributed by atoms with Crippen LogP contribution >= 0.6 is 11.6 Å². The molecule has 3 aliphatic heterocycles. The van der Waals surface area contributed by atoms with Gasteiger partial charge < -0.3 is 18.8 Å². The highest BCUT2D eigenvalue weighted by atomic mass is 35.5. The fourth-order valence-electron chi connectivity index (χ4n) is 18.8. The van der Waals surface area contributed by atoms with Gasteiger partial charge in [-0.15, -0.1) is 0 Å². The fourth-order valence-corrected chi connectivity index (χ4v) is 19.1. The van der Waals surface area contributed by atoms with Gasteiger partial charge in [0, 0.05) is 61.2 Å². The van der Waals surface area contributed by atoms with E-state index in [1.165, 1.54) is 44.5 Å².